The second-order valence-corrected chi connectivity index (χ2v) is 9.72. The molecule has 1 atom stereocenters. The van der Waals surface area contributed by atoms with E-state index in [1.807, 2.05) is 73.6 Å². The second kappa shape index (κ2) is 11.8. The van der Waals surface area contributed by atoms with Crippen LogP contribution in [0.15, 0.2) is 72.9 Å². The number of aromatic nitrogens is 2. The van der Waals surface area contributed by atoms with Crippen molar-refractivity contribution in [2.45, 2.75) is 25.7 Å². The minimum absolute atomic E-state index is 0.0829. The van der Waals surface area contributed by atoms with Crippen LogP contribution in [0, 0.1) is 0 Å². The summed E-state index contributed by atoms with van der Waals surface area (Å²) < 4.78 is 2.22. The number of carbonyl (C=O) groups is 2. The van der Waals surface area contributed by atoms with Gasteiger partial charge in [0.1, 0.15) is 5.82 Å². The zero-order valence-corrected chi connectivity index (χ0v) is 22.0. The molecule has 7 heteroatoms. The smallest absolute Gasteiger partial charge is 0.211 e. The summed E-state index contributed by atoms with van der Waals surface area (Å²) in [5, 5.41) is 2.57. The first-order valence-electron chi connectivity index (χ1n) is 12.6. The molecule has 5 rings (SSSR count). The van der Waals surface area contributed by atoms with E-state index in [9.17, 15) is 9.59 Å². The Morgan fingerprint density at radius 1 is 1.08 bits per heavy atom. The number of Topliss-reactive ketones (excluding diaryl/α,β-unsaturated/α-hetero) is 1. The van der Waals surface area contributed by atoms with Crippen molar-refractivity contribution in [2.24, 2.45) is 0 Å². The van der Waals surface area contributed by atoms with Crippen molar-refractivity contribution in [3.8, 4) is 11.3 Å². The number of anilines is 2. The van der Waals surface area contributed by atoms with Crippen molar-refractivity contribution in [2.75, 3.05) is 44.4 Å². The van der Waals surface area contributed by atoms with Gasteiger partial charge in [-0.15, -0.1) is 0 Å². The maximum atomic E-state index is 11.8. The maximum absolute atomic E-state index is 11.8. The molecular formula is C30H35N5O2. The average Bonchev–Trinajstić information content (AvgIpc) is 3.30. The molecule has 1 fully saturated rings. The Hall–Kier alpha value is -3.97. The lowest BCUT2D eigenvalue weighted by atomic mass is 9.98. The van der Waals surface area contributed by atoms with Gasteiger partial charge in [-0.25, -0.2) is 4.98 Å². The number of nitrogens with zero attached hydrogens (tertiary/aromatic N) is 4. The van der Waals surface area contributed by atoms with Gasteiger partial charge < -0.3 is 19.5 Å². The number of benzene rings is 2. The van der Waals surface area contributed by atoms with Gasteiger partial charge in [0.15, 0.2) is 5.78 Å². The molecule has 0 bridgehead atoms. The van der Waals surface area contributed by atoms with E-state index in [1.54, 1.807) is 6.92 Å². The van der Waals surface area contributed by atoms with Gasteiger partial charge in [-0.05, 0) is 75.8 Å². The van der Waals surface area contributed by atoms with Gasteiger partial charge in [0, 0.05) is 55.3 Å². The Bertz CT molecular complexity index is 1360. The molecule has 1 aliphatic rings. The summed E-state index contributed by atoms with van der Waals surface area (Å²) in [7, 11) is 6.13. The predicted molar refractivity (Wildman–Crippen MR) is 151 cm³/mol. The summed E-state index contributed by atoms with van der Waals surface area (Å²) in [5.41, 5.74) is 5.74. The fourth-order valence-corrected chi connectivity index (χ4v) is 4.75. The number of piperidine rings is 1. The molecule has 4 aromatic rings. The Morgan fingerprint density at radius 2 is 1.86 bits per heavy atom. The topological polar surface area (TPSA) is 70.0 Å². The lowest BCUT2D eigenvalue weighted by Gasteiger charge is -2.28. The van der Waals surface area contributed by atoms with Crippen LogP contribution >= 0.6 is 0 Å². The van der Waals surface area contributed by atoms with Crippen LogP contribution in [0.5, 0.6) is 0 Å². The van der Waals surface area contributed by atoms with Crippen LogP contribution in [0.3, 0.4) is 0 Å². The average molecular weight is 498 g/mol. The fraction of sp³-hybridized carbons (Fsp3) is 0.300. The normalized spacial score (nSPS) is 15.5. The van der Waals surface area contributed by atoms with Crippen LogP contribution in [-0.4, -0.2) is 60.7 Å². The van der Waals surface area contributed by atoms with Gasteiger partial charge in [-0.2, -0.15) is 0 Å². The predicted octanol–water partition coefficient (Wildman–Crippen LogP) is 5.33. The highest BCUT2D eigenvalue weighted by Gasteiger charge is 2.24. The summed E-state index contributed by atoms with van der Waals surface area (Å²) in [4.78, 5) is 31.3. The standard InChI is InChI=1S/C21H23N3O.C9H12N2O/c1-15(25)16-7-5-8-17(13-16)20-19-10-3-4-12-24(19)21(22-20)18-9-6-11-23(2)14-18;1-11(2)9-5-3-8(4-6-9)10-7-12/h3-5,7-8,10,12-13,18H,6,9,11,14H2,1-2H3;3-7H,1-2H3,(H,10,12). The molecule has 192 valence electrons. The first-order valence-corrected chi connectivity index (χ1v) is 12.6. The lowest BCUT2D eigenvalue weighted by molar-refractivity contribution is -0.105. The van der Waals surface area contributed by atoms with Crippen LogP contribution in [0.2, 0.25) is 0 Å². The fourth-order valence-electron chi connectivity index (χ4n) is 4.75. The van der Waals surface area contributed by atoms with Crippen molar-refractivity contribution in [3.05, 3.63) is 84.3 Å². The van der Waals surface area contributed by atoms with Crippen LogP contribution in [0.25, 0.3) is 16.8 Å². The summed E-state index contributed by atoms with van der Waals surface area (Å²) in [6.45, 7) is 3.81. The number of imidazole rings is 1. The molecule has 3 heterocycles. The second-order valence-electron chi connectivity index (χ2n) is 9.72. The van der Waals surface area contributed by atoms with Gasteiger partial charge in [0.25, 0.3) is 0 Å². The number of fused-ring (bicyclic) bond motifs is 1. The molecule has 1 amide bonds. The number of ketones is 1. The lowest BCUT2D eigenvalue weighted by Crippen LogP contribution is -2.31. The molecule has 1 unspecified atom stereocenters. The number of nitrogens with one attached hydrogen (secondary N) is 1. The monoisotopic (exact) mass is 497 g/mol. The SMILES string of the molecule is CC(=O)c1cccc(-c2nc(C3CCCN(C)C3)n3ccccc23)c1.CN(C)c1ccc(NC=O)cc1. The highest BCUT2D eigenvalue weighted by Crippen LogP contribution is 2.32. The summed E-state index contributed by atoms with van der Waals surface area (Å²) >= 11 is 0. The van der Waals surface area contributed by atoms with E-state index < -0.39 is 0 Å². The molecule has 7 nitrogen and oxygen atoms in total. The summed E-state index contributed by atoms with van der Waals surface area (Å²) in [6, 6.07) is 21.6. The van der Waals surface area contributed by atoms with E-state index in [-0.39, 0.29) is 5.78 Å². The van der Waals surface area contributed by atoms with Crippen molar-refractivity contribution < 1.29 is 9.59 Å². The number of carbonyl (C=O) groups excluding carboxylic acids is 2. The molecule has 1 aliphatic heterocycles. The molecule has 37 heavy (non-hydrogen) atoms. The van der Waals surface area contributed by atoms with Crippen molar-refractivity contribution in [1.29, 1.82) is 0 Å². The van der Waals surface area contributed by atoms with Crippen molar-refractivity contribution >= 4 is 29.1 Å². The molecule has 0 spiro atoms. The van der Waals surface area contributed by atoms with Gasteiger partial charge >= 0.3 is 0 Å². The van der Waals surface area contributed by atoms with Crippen molar-refractivity contribution in [1.82, 2.24) is 14.3 Å². The number of hydrogen-bond donors (Lipinski definition) is 1. The number of likely N-dealkylation sites (N-methyl/N-ethyl adjacent to an activating group) is 1. The number of rotatable bonds is 6. The van der Waals surface area contributed by atoms with Crippen molar-refractivity contribution in [3.63, 3.8) is 0 Å². The van der Waals surface area contributed by atoms with E-state index in [1.165, 1.54) is 12.8 Å². The van der Waals surface area contributed by atoms with Gasteiger partial charge in [-0.1, -0.05) is 24.3 Å². The van der Waals surface area contributed by atoms with E-state index in [2.05, 4.69) is 40.0 Å². The van der Waals surface area contributed by atoms with Crippen LogP contribution in [-0.2, 0) is 4.79 Å². The molecule has 0 radical (unpaired) electrons. The first-order chi connectivity index (χ1) is 17.9. The Morgan fingerprint density at radius 3 is 2.54 bits per heavy atom. The third-order valence-corrected chi connectivity index (χ3v) is 6.72. The largest absolute Gasteiger partial charge is 0.378 e. The Kier molecular flexibility index (Phi) is 8.36. The highest BCUT2D eigenvalue weighted by atomic mass is 16.1. The summed E-state index contributed by atoms with van der Waals surface area (Å²) in [6.07, 6.45) is 5.15. The van der Waals surface area contributed by atoms with E-state index in [0.29, 0.717) is 12.3 Å². The minimum Gasteiger partial charge on any atom is -0.378 e. The molecule has 2 aromatic heterocycles. The number of amides is 1. The van der Waals surface area contributed by atoms with E-state index >= 15 is 0 Å². The third-order valence-electron chi connectivity index (χ3n) is 6.72. The third kappa shape index (κ3) is 6.24. The Labute approximate surface area is 218 Å². The van der Waals surface area contributed by atoms with Gasteiger partial charge in [-0.3, -0.25) is 9.59 Å². The molecule has 1 N–H and O–H groups in total. The summed E-state index contributed by atoms with van der Waals surface area (Å²) in [5.74, 6) is 1.66. The zero-order valence-electron chi connectivity index (χ0n) is 22.0. The van der Waals surface area contributed by atoms with Gasteiger partial charge in [0.2, 0.25) is 6.41 Å². The van der Waals surface area contributed by atoms with E-state index in [4.69, 9.17) is 4.98 Å². The van der Waals surface area contributed by atoms with Crippen LogP contribution in [0.4, 0.5) is 11.4 Å². The number of hydrogen-bond acceptors (Lipinski definition) is 5. The van der Waals surface area contributed by atoms with Gasteiger partial charge in [0.05, 0.1) is 11.2 Å². The highest BCUT2D eigenvalue weighted by molar-refractivity contribution is 5.95. The zero-order chi connectivity index (χ0) is 26.4. The molecule has 0 aliphatic carbocycles. The van der Waals surface area contributed by atoms with E-state index in [0.717, 1.165) is 52.6 Å². The van der Waals surface area contributed by atoms with Crippen LogP contribution in [0.1, 0.15) is 41.9 Å². The Balaban J connectivity index is 0.000000225. The quantitative estimate of drug-likeness (QED) is 0.288. The van der Waals surface area contributed by atoms with Crippen LogP contribution < -0.4 is 10.2 Å². The minimum atomic E-state index is 0.0829. The molecule has 0 saturated carbocycles. The maximum Gasteiger partial charge on any atom is 0.211 e. The molecular weight excluding hydrogens is 462 g/mol. The number of pyridine rings is 1. The molecule has 2 aromatic carbocycles. The number of likely N-dealkylation sites (tertiary alicyclic amines) is 1. The first kappa shape index (κ1) is 26.1. The molecule has 1 saturated heterocycles.